The molecule has 2 aromatic rings. The summed E-state index contributed by atoms with van der Waals surface area (Å²) < 4.78 is 5.40. The maximum atomic E-state index is 12.3. The molecule has 0 aliphatic carbocycles. The molecule has 0 saturated carbocycles. The maximum absolute atomic E-state index is 12.3. The van der Waals surface area contributed by atoms with Crippen LogP contribution in [0.1, 0.15) is 11.1 Å². The highest BCUT2D eigenvalue weighted by Gasteiger charge is 2.30. The summed E-state index contributed by atoms with van der Waals surface area (Å²) in [5.74, 6) is 0.0496. The highest BCUT2D eigenvalue weighted by molar-refractivity contribution is 6.36. The number of nitrogens with one attached hydrogen (secondary N) is 1. The zero-order valence-corrected chi connectivity index (χ0v) is 11.7. The Hall–Kier alpha value is -3.15. The smallest absolute Gasteiger partial charge is 0.270 e. The molecule has 0 saturated heterocycles. The van der Waals surface area contributed by atoms with Crippen LogP contribution in [-0.4, -0.2) is 17.9 Å². The van der Waals surface area contributed by atoms with E-state index in [1.54, 1.807) is 0 Å². The van der Waals surface area contributed by atoms with E-state index < -0.39 is 4.92 Å². The standard InChI is InChI=1S/C16H12N2O4/c1-22-15(10-5-3-2-4-6-10)14-12-9-11(18(20)21)7-8-13(12)17-16(14)19/h2-9H,1H3,(H,17,19). The highest BCUT2D eigenvalue weighted by Crippen LogP contribution is 2.38. The van der Waals surface area contributed by atoms with Gasteiger partial charge in [-0.2, -0.15) is 0 Å². The average Bonchev–Trinajstić information content (AvgIpc) is 2.85. The molecule has 22 heavy (non-hydrogen) atoms. The van der Waals surface area contributed by atoms with E-state index in [9.17, 15) is 14.9 Å². The first-order chi connectivity index (χ1) is 10.6. The molecule has 0 radical (unpaired) electrons. The molecule has 1 aliphatic heterocycles. The third-order valence-corrected chi connectivity index (χ3v) is 3.43. The molecule has 0 bridgehead atoms. The number of anilines is 1. The molecule has 0 spiro atoms. The van der Waals surface area contributed by atoms with Crippen LogP contribution in [0.25, 0.3) is 11.3 Å². The first kappa shape index (κ1) is 13.8. The lowest BCUT2D eigenvalue weighted by Gasteiger charge is -2.09. The minimum absolute atomic E-state index is 0.0729. The van der Waals surface area contributed by atoms with Crippen molar-refractivity contribution in [3.8, 4) is 0 Å². The SMILES string of the molecule is COC(=C1C(=O)Nc2ccc([N+](=O)[O-])cc21)c1ccccc1. The van der Waals surface area contributed by atoms with E-state index in [0.717, 1.165) is 5.56 Å². The van der Waals surface area contributed by atoms with Crippen LogP contribution in [0.3, 0.4) is 0 Å². The number of hydrogen-bond donors (Lipinski definition) is 1. The first-order valence-electron chi connectivity index (χ1n) is 6.55. The summed E-state index contributed by atoms with van der Waals surface area (Å²) in [6.07, 6.45) is 0. The van der Waals surface area contributed by atoms with Crippen molar-refractivity contribution < 1.29 is 14.5 Å². The molecule has 6 nitrogen and oxygen atoms in total. The Bertz CT molecular complexity index is 797. The van der Waals surface area contributed by atoms with E-state index in [1.165, 1.54) is 25.3 Å². The number of ether oxygens (including phenoxy) is 1. The topological polar surface area (TPSA) is 81.5 Å². The van der Waals surface area contributed by atoms with Crippen molar-refractivity contribution in [1.82, 2.24) is 0 Å². The van der Waals surface area contributed by atoms with Gasteiger partial charge in [-0.3, -0.25) is 14.9 Å². The first-order valence-corrected chi connectivity index (χ1v) is 6.55. The summed E-state index contributed by atoms with van der Waals surface area (Å²) >= 11 is 0. The third kappa shape index (κ3) is 2.20. The molecule has 1 heterocycles. The van der Waals surface area contributed by atoms with Crippen molar-refractivity contribution in [3.63, 3.8) is 0 Å². The van der Waals surface area contributed by atoms with Crippen molar-refractivity contribution in [2.45, 2.75) is 0 Å². The number of carbonyl (C=O) groups is 1. The quantitative estimate of drug-likeness (QED) is 0.408. The van der Waals surface area contributed by atoms with Crippen LogP contribution in [0.4, 0.5) is 11.4 Å². The van der Waals surface area contributed by atoms with Crippen LogP contribution >= 0.6 is 0 Å². The van der Waals surface area contributed by atoms with E-state index >= 15 is 0 Å². The van der Waals surface area contributed by atoms with Crippen molar-refractivity contribution in [3.05, 3.63) is 69.8 Å². The number of carbonyl (C=O) groups excluding carboxylic acids is 1. The Labute approximate surface area is 126 Å². The number of fused-ring (bicyclic) bond motifs is 1. The van der Waals surface area contributed by atoms with Gasteiger partial charge in [0, 0.05) is 28.9 Å². The fourth-order valence-electron chi connectivity index (χ4n) is 2.45. The molecule has 6 heteroatoms. The summed E-state index contributed by atoms with van der Waals surface area (Å²) in [4.78, 5) is 22.7. The van der Waals surface area contributed by atoms with Gasteiger partial charge in [0.15, 0.2) is 0 Å². The number of nitro benzene ring substituents is 1. The Morgan fingerprint density at radius 2 is 1.91 bits per heavy atom. The summed E-state index contributed by atoms with van der Waals surface area (Å²) in [5.41, 5.74) is 1.97. The number of rotatable bonds is 3. The van der Waals surface area contributed by atoms with E-state index in [0.29, 0.717) is 22.6 Å². The van der Waals surface area contributed by atoms with E-state index in [4.69, 9.17) is 4.74 Å². The molecule has 110 valence electrons. The molecular weight excluding hydrogens is 284 g/mol. The lowest BCUT2D eigenvalue weighted by Crippen LogP contribution is -2.06. The summed E-state index contributed by atoms with van der Waals surface area (Å²) in [5, 5.41) is 13.7. The molecule has 0 unspecified atom stereocenters. The zero-order chi connectivity index (χ0) is 15.7. The Morgan fingerprint density at radius 1 is 1.18 bits per heavy atom. The molecule has 1 aliphatic rings. The second-order valence-corrected chi connectivity index (χ2v) is 4.72. The molecule has 0 aromatic heterocycles. The van der Waals surface area contributed by atoms with Gasteiger partial charge in [-0.15, -0.1) is 0 Å². The van der Waals surface area contributed by atoms with Crippen LogP contribution in [-0.2, 0) is 9.53 Å². The van der Waals surface area contributed by atoms with Crippen molar-refractivity contribution in [2.24, 2.45) is 0 Å². The molecule has 0 fully saturated rings. The molecular formula is C16H12N2O4. The maximum Gasteiger partial charge on any atom is 0.270 e. The van der Waals surface area contributed by atoms with E-state index in [1.807, 2.05) is 30.3 Å². The third-order valence-electron chi connectivity index (χ3n) is 3.43. The number of non-ortho nitro benzene ring substituents is 1. The number of amides is 1. The predicted octanol–water partition coefficient (Wildman–Crippen LogP) is 3.06. The molecule has 2 aromatic carbocycles. The predicted molar refractivity (Wildman–Crippen MR) is 82.0 cm³/mol. The van der Waals surface area contributed by atoms with Gasteiger partial charge in [-0.1, -0.05) is 30.3 Å². The van der Waals surface area contributed by atoms with E-state index in [2.05, 4.69) is 5.32 Å². The van der Waals surface area contributed by atoms with Crippen molar-refractivity contribution >= 4 is 28.6 Å². The van der Waals surface area contributed by atoms with Gasteiger partial charge in [0.05, 0.1) is 17.6 Å². The van der Waals surface area contributed by atoms with E-state index in [-0.39, 0.29) is 11.6 Å². The number of benzene rings is 2. The van der Waals surface area contributed by atoms with Crippen LogP contribution < -0.4 is 5.32 Å². The Kier molecular flexibility index (Phi) is 3.34. The van der Waals surface area contributed by atoms with Gasteiger partial charge in [0.2, 0.25) is 0 Å². The minimum atomic E-state index is -0.490. The van der Waals surface area contributed by atoms with Crippen LogP contribution in [0.2, 0.25) is 0 Å². The lowest BCUT2D eigenvalue weighted by atomic mass is 10.0. The van der Waals surface area contributed by atoms with Gasteiger partial charge in [0.25, 0.3) is 11.6 Å². The normalized spacial score (nSPS) is 15.0. The second kappa shape index (κ2) is 5.33. The second-order valence-electron chi connectivity index (χ2n) is 4.72. The summed E-state index contributed by atoms with van der Waals surface area (Å²) in [7, 11) is 1.47. The summed E-state index contributed by atoms with van der Waals surface area (Å²) in [6.45, 7) is 0. The summed E-state index contributed by atoms with van der Waals surface area (Å²) in [6, 6.07) is 13.4. The van der Waals surface area contributed by atoms with Gasteiger partial charge in [0.1, 0.15) is 5.76 Å². The number of hydrogen-bond acceptors (Lipinski definition) is 4. The van der Waals surface area contributed by atoms with Crippen molar-refractivity contribution in [2.75, 3.05) is 12.4 Å². The monoisotopic (exact) mass is 296 g/mol. The minimum Gasteiger partial charge on any atom is -0.495 e. The molecule has 3 rings (SSSR count). The fraction of sp³-hybridized carbons (Fsp3) is 0.0625. The van der Waals surface area contributed by atoms with Crippen LogP contribution in [0.5, 0.6) is 0 Å². The lowest BCUT2D eigenvalue weighted by molar-refractivity contribution is -0.384. The average molecular weight is 296 g/mol. The van der Waals surface area contributed by atoms with Crippen LogP contribution in [0.15, 0.2) is 48.5 Å². The van der Waals surface area contributed by atoms with Crippen molar-refractivity contribution in [1.29, 1.82) is 0 Å². The Balaban J connectivity index is 2.24. The molecule has 1 N–H and O–H groups in total. The number of methoxy groups -OCH3 is 1. The van der Waals surface area contributed by atoms with Crippen LogP contribution in [0, 0.1) is 10.1 Å². The highest BCUT2D eigenvalue weighted by atomic mass is 16.6. The fourth-order valence-corrected chi connectivity index (χ4v) is 2.45. The van der Waals surface area contributed by atoms with Gasteiger partial charge in [-0.25, -0.2) is 0 Å². The zero-order valence-electron chi connectivity index (χ0n) is 11.7. The number of nitro groups is 1. The Morgan fingerprint density at radius 3 is 2.55 bits per heavy atom. The molecule has 1 amide bonds. The molecule has 0 atom stereocenters. The number of nitrogens with zero attached hydrogens (tertiary/aromatic N) is 1. The van der Waals surface area contributed by atoms with Gasteiger partial charge < -0.3 is 10.1 Å². The van der Waals surface area contributed by atoms with Gasteiger partial charge in [-0.05, 0) is 6.07 Å². The largest absolute Gasteiger partial charge is 0.495 e. The van der Waals surface area contributed by atoms with Gasteiger partial charge >= 0.3 is 0 Å².